The zero-order valence-corrected chi connectivity index (χ0v) is 15.8. The van der Waals surface area contributed by atoms with Gasteiger partial charge in [-0.05, 0) is 18.6 Å². The molecule has 9 nitrogen and oxygen atoms in total. The fourth-order valence-electron chi connectivity index (χ4n) is 2.58. The van der Waals surface area contributed by atoms with Crippen molar-refractivity contribution >= 4 is 21.5 Å². The number of rotatable bonds is 6. The van der Waals surface area contributed by atoms with Gasteiger partial charge in [0.2, 0.25) is 5.82 Å². The molecule has 0 bridgehead atoms. The molecule has 0 aliphatic carbocycles. The van der Waals surface area contributed by atoms with Crippen molar-refractivity contribution in [3.05, 3.63) is 70.5 Å². The van der Waals surface area contributed by atoms with E-state index in [1.54, 1.807) is 31.2 Å². The summed E-state index contributed by atoms with van der Waals surface area (Å²) in [5.74, 6) is -0.0154. The van der Waals surface area contributed by atoms with Gasteiger partial charge < -0.3 is 4.74 Å². The van der Waals surface area contributed by atoms with E-state index >= 15 is 0 Å². The summed E-state index contributed by atoms with van der Waals surface area (Å²) in [4.78, 5) is 18.6. The van der Waals surface area contributed by atoms with E-state index in [0.717, 1.165) is 0 Å². The van der Waals surface area contributed by atoms with Gasteiger partial charge in [0.1, 0.15) is 0 Å². The number of aromatic nitrogens is 2. The van der Waals surface area contributed by atoms with Crippen LogP contribution in [0.2, 0.25) is 0 Å². The molecule has 3 aromatic rings. The smallest absolute Gasteiger partial charge is 0.270 e. The lowest BCUT2D eigenvalue weighted by atomic mass is 10.1. The average molecular weight is 400 g/mol. The molecule has 10 heteroatoms. The minimum absolute atomic E-state index is 0.0383. The Morgan fingerprint density at radius 1 is 1.14 bits per heavy atom. The van der Waals surface area contributed by atoms with Gasteiger partial charge in [-0.15, -0.1) is 0 Å². The Morgan fingerprint density at radius 2 is 1.89 bits per heavy atom. The van der Waals surface area contributed by atoms with Gasteiger partial charge in [0.25, 0.3) is 21.6 Å². The molecule has 0 aliphatic heterocycles. The van der Waals surface area contributed by atoms with Crippen LogP contribution in [-0.4, -0.2) is 30.4 Å². The third-order valence-corrected chi connectivity index (χ3v) is 5.23. The number of non-ortho nitro benzene ring substituents is 1. The number of ether oxygens (including phenoxy) is 1. The van der Waals surface area contributed by atoms with Crippen LogP contribution in [0.3, 0.4) is 0 Å². The number of benzene rings is 2. The number of sulfonamides is 1. The standard InChI is InChI=1S/C18H16N4O5S/c1-12-11-19-17(18(20-12)27-2)21-28(25,26)16-9-4-3-8-15(16)13-6-5-7-14(10-13)22(23)24/h3-11H,1-2H3,(H,19,21). The van der Waals surface area contributed by atoms with Gasteiger partial charge in [0.05, 0.1) is 28.8 Å². The summed E-state index contributed by atoms with van der Waals surface area (Å²) >= 11 is 0. The van der Waals surface area contributed by atoms with Gasteiger partial charge in [-0.2, -0.15) is 0 Å². The Kier molecular flexibility index (Phi) is 5.23. The predicted octanol–water partition coefficient (Wildman–Crippen LogP) is 3.17. The monoisotopic (exact) mass is 400 g/mol. The maximum atomic E-state index is 13.0. The number of aryl methyl sites for hydroxylation is 1. The number of hydrogen-bond donors (Lipinski definition) is 1. The van der Waals surface area contributed by atoms with E-state index in [2.05, 4.69) is 14.7 Å². The zero-order valence-electron chi connectivity index (χ0n) is 15.0. The zero-order chi connectivity index (χ0) is 20.3. The first-order chi connectivity index (χ1) is 13.3. The van der Waals surface area contributed by atoms with Gasteiger partial charge in [-0.3, -0.25) is 14.8 Å². The molecule has 0 saturated carbocycles. The molecule has 144 valence electrons. The highest BCUT2D eigenvalue weighted by Gasteiger charge is 2.22. The van der Waals surface area contributed by atoms with Crippen LogP contribution in [0.15, 0.2) is 59.6 Å². The molecule has 0 aliphatic rings. The summed E-state index contributed by atoms with van der Waals surface area (Å²) in [7, 11) is -2.71. The third kappa shape index (κ3) is 3.91. The summed E-state index contributed by atoms with van der Waals surface area (Å²) < 4.78 is 33.5. The van der Waals surface area contributed by atoms with Crippen molar-refractivity contribution in [3.63, 3.8) is 0 Å². The first-order valence-electron chi connectivity index (χ1n) is 8.06. The largest absolute Gasteiger partial charge is 0.478 e. The minimum atomic E-state index is -4.07. The topological polar surface area (TPSA) is 124 Å². The summed E-state index contributed by atoms with van der Waals surface area (Å²) in [6, 6.07) is 12.0. The Hall–Kier alpha value is -3.53. The molecule has 1 heterocycles. The van der Waals surface area contributed by atoms with Crippen LogP contribution in [0.5, 0.6) is 5.88 Å². The molecule has 1 aromatic heterocycles. The normalized spacial score (nSPS) is 11.1. The summed E-state index contributed by atoms with van der Waals surface area (Å²) in [6.45, 7) is 1.70. The number of nitro groups is 1. The molecule has 0 unspecified atom stereocenters. The molecule has 0 fully saturated rings. The molecule has 0 atom stereocenters. The van der Waals surface area contributed by atoms with Crippen LogP contribution in [0.1, 0.15) is 5.69 Å². The summed E-state index contributed by atoms with van der Waals surface area (Å²) in [5, 5.41) is 11.1. The molecular formula is C18H16N4O5S. The van der Waals surface area contributed by atoms with Gasteiger partial charge in [0.15, 0.2) is 0 Å². The Bertz CT molecular complexity index is 1150. The SMILES string of the molecule is COc1nc(C)cnc1NS(=O)(=O)c1ccccc1-c1cccc([N+](=O)[O-])c1. The van der Waals surface area contributed by atoms with Gasteiger partial charge >= 0.3 is 0 Å². The van der Waals surface area contributed by atoms with Gasteiger partial charge in [-0.1, -0.05) is 30.3 Å². The minimum Gasteiger partial charge on any atom is -0.478 e. The third-order valence-electron chi connectivity index (χ3n) is 3.83. The van der Waals surface area contributed by atoms with E-state index in [9.17, 15) is 18.5 Å². The van der Waals surface area contributed by atoms with Crippen LogP contribution in [0.25, 0.3) is 11.1 Å². The highest BCUT2D eigenvalue weighted by molar-refractivity contribution is 7.92. The van der Waals surface area contributed by atoms with Crippen molar-refractivity contribution in [2.75, 3.05) is 11.8 Å². The fraction of sp³-hybridized carbons (Fsp3) is 0.111. The van der Waals surface area contributed by atoms with E-state index < -0.39 is 14.9 Å². The lowest BCUT2D eigenvalue weighted by molar-refractivity contribution is -0.384. The molecule has 1 N–H and O–H groups in total. The molecule has 0 amide bonds. The van der Waals surface area contributed by atoms with Crippen LogP contribution in [-0.2, 0) is 10.0 Å². The fourth-order valence-corrected chi connectivity index (χ4v) is 3.81. The average Bonchev–Trinajstić information content (AvgIpc) is 2.69. The van der Waals surface area contributed by atoms with Crippen molar-refractivity contribution in [1.29, 1.82) is 0 Å². The van der Waals surface area contributed by atoms with Crippen LogP contribution in [0, 0.1) is 17.0 Å². The Balaban J connectivity index is 2.07. The van der Waals surface area contributed by atoms with Crippen molar-refractivity contribution < 1.29 is 18.1 Å². The molecule has 28 heavy (non-hydrogen) atoms. The van der Waals surface area contributed by atoms with Crippen molar-refractivity contribution in [1.82, 2.24) is 9.97 Å². The molecular weight excluding hydrogens is 384 g/mol. The number of nitrogens with zero attached hydrogens (tertiary/aromatic N) is 3. The van der Waals surface area contributed by atoms with Crippen molar-refractivity contribution in [2.24, 2.45) is 0 Å². The molecule has 0 radical (unpaired) electrons. The van der Waals surface area contributed by atoms with E-state index in [0.29, 0.717) is 16.8 Å². The van der Waals surface area contributed by atoms with Gasteiger partial charge in [0, 0.05) is 17.7 Å². The lowest BCUT2D eigenvalue weighted by Gasteiger charge is -2.13. The second-order valence-corrected chi connectivity index (χ2v) is 7.43. The second-order valence-electron chi connectivity index (χ2n) is 5.78. The number of hydrogen-bond acceptors (Lipinski definition) is 7. The molecule has 0 saturated heterocycles. The highest BCUT2D eigenvalue weighted by Crippen LogP contribution is 2.31. The van der Waals surface area contributed by atoms with Crippen LogP contribution < -0.4 is 9.46 Å². The van der Waals surface area contributed by atoms with E-state index in [1.165, 1.54) is 37.6 Å². The van der Waals surface area contributed by atoms with Crippen molar-refractivity contribution in [2.45, 2.75) is 11.8 Å². The maximum Gasteiger partial charge on any atom is 0.270 e. The predicted molar refractivity (Wildman–Crippen MR) is 103 cm³/mol. The first kappa shape index (κ1) is 19.2. The summed E-state index contributed by atoms with van der Waals surface area (Å²) in [5.41, 5.74) is 1.15. The van der Waals surface area contributed by atoms with E-state index in [4.69, 9.17) is 4.74 Å². The van der Waals surface area contributed by atoms with Gasteiger partial charge in [-0.25, -0.2) is 18.4 Å². The van der Waals surface area contributed by atoms with Crippen molar-refractivity contribution in [3.8, 4) is 17.0 Å². The second kappa shape index (κ2) is 7.61. The lowest BCUT2D eigenvalue weighted by Crippen LogP contribution is -2.16. The number of methoxy groups -OCH3 is 1. The molecule has 0 spiro atoms. The number of nitro benzene ring substituents is 1. The quantitative estimate of drug-likeness (QED) is 0.498. The Morgan fingerprint density at radius 3 is 2.61 bits per heavy atom. The molecule has 3 rings (SSSR count). The highest BCUT2D eigenvalue weighted by atomic mass is 32.2. The van der Waals surface area contributed by atoms with E-state index in [1.807, 2.05) is 0 Å². The van der Waals surface area contributed by atoms with Crippen LogP contribution in [0.4, 0.5) is 11.5 Å². The summed E-state index contributed by atoms with van der Waals surface area (Å²) in [6.07, 6.45) is 1.41. The number of nitrogens with one attached hydrogen (secondary N) is 1. The number of anilines is 1. The Labute approximate surface area is 161 Å². The first-order valence-corrected chi connectivity index (χ1v) is 9.54. The van der Waals surface area contributed by atoms with Crippen LogP contribution >= 0.6 is 0 Å². The van der Waals surface area contributed by atoms with E-state index in [-0.39, 0.29) is 22.3 Å². The molecule has 2 aromatic carbocycles. The maximum absolute atomic E-state index is 13.0.